The lowest BCUT2D eigenvalue weighted by molar-refractivity contribution is -0.132. The van der Waals surface area contributed by atoms with Crippen molar-refractivity contribution in [3.8, 4) is 5.75 Å². The second-order valence-corrected chi connectivity index (χ2v) is 8.01. The van der Waals surface area contributed by atoms with Crippen LogP contribution in [0.15, 0.2) is 29.3 Å². The van der Waals surface area contributed by atoms with Crippen LogP contribution in [0.2, 0.25) is 0 Å². The highest BCUT2D eigenvalue weighted by molar-refractivity contribution is 14.0. The summed E-state index contributed by atoms with van der Waals surface area (Å²) >= 11 is 0. The molecule has 0 saturated carbocycles. The number of aliphatic imine (C=N–C) groups is 1. The Balaban J connectivity index is 0.00000392. The van der Waals surface area contributed by atoms with Crippen LogP contribution in [0.25, 0.3) is 0 Å². The topological polar surface area (TPSA) is 66.0 Å². The smallest absolute Gasteiger partial charge is 0.222 e. The van der Waals surface area contributed by atoms with Gasteiger partial charge >= 0.3 is 0 Å². The highest BCUT2D eigenvalue weighted by Gasteiger charge is 2.23. The molecule has 2 rings (SSSR count). The van der Waals surface area contributed by atoms with Gasteiger partial charge in [-0.25, -0.2) is 4.99 Å². The Morgan fingerprint density at radius 1 is 1.32 bits per heavy atom. The number of piperidine rings is 1. The Hall–Kier alpha value is -1.51. The average Bonchev–Trinajstić information content (AvgIpc) is 2.61. The van der Waals surface area contributed by atoms with Gasteiger partial charge in [-0.2, -0.15) is 0 Å². The summed E-state index contributed by atoms with van der Waals surface area (Å²) < 4.78 is 6.00. The number of ether oxygens (including phenoxy) is 1. The predicted octanol–water partition coefficient (Wildman–Crippen LogP) is 3.16. The summed E-state index contributed by atoms with van der Waals surface area (Å²) in [7, 11) is 1.85. The fourth-order valence-corrected chi connectivity index (χ4v) is 3.17. The maximum Gasteiger partial charge on any atom is 0.222 e. The zero-order valence-corrected chi connectivity index (χ0v) is 20.1. The first kappa shape index (κ1) is 24.5. The van der Waals surface area contributed by atoms with Crippen LogP contribution in [-0.4, -0.2) is 56.1 Å². The SMILES string of the molecule is CCNC(=NCCOc1ccccc1C(C)(C)C)NC1CCC(=O)N(C)C1.I. The lowest BCUT2D eigenvalue weighted by Crippen LogP contribution is -2.51. The third-order valence-electron chi connectivity index (χ3n) is 4.63. The fourth-order valence-electron chi connectivity index (χ4n) is 3.17. The third kappa shape index (κ3) is 7.48. The Morgan fingerprint density at radius 2 is 2.04 bits per heavy atom. The molecule has 28 heavy (non-hydrogen) atoms. The van der Waals surface area contributed by atoms with Gasteiger partial charge in [0.15, 0.2) is 5.96 Å². The van der Waals surface area contributed by atoms with Crippen molar-refractivity contribution < 1.29 is 9.53 Å². The maximum absolute atomic E-state index is 11.6. The molecule has 1 amide bonds. The van der Waals surface area contributed by atoms with E-state index in [9.17, 15) is 4.79 Å². The average molecular weight is 502 g/mol. The zero-order valence-electron chi connectivity index (χ0n) is 17.7. The van der Waals surface area contributed by atoms with E-state index in [2.05, 4.69) is 42.5 Å². The van der Waals surface area contributed by atoms with E-state index in [0.717, 1.165) is 24.7 Å². The highest BCUT2D eigenvalue weighted by Crippen LogP contribution is 2.30. The summed E-state index contributed by atoms with van der Waals surface area (Å²) in [6.45, 7) is 11.2. The molecule has 1 fully saturated rings. The minimum Gasteiger partial charge on any atom is -0.491 e. The van der Waals surface area contributed by atoms with Crippen LogP contribution in [0.1, 0.15) is 46.1 Å². The zero-order chi connectivity index (χ0) is 19.9. The number of rotatable bonds is 6. The number of benzene rings is 1. The van der Waals surface area contributed by atoms with Gasteiger partial charge in [0.05, 0.1) is 6.54 Å². The van der Waals surface area contributed by atoms with Gasteiger partial charge in [0.1, 0.15) is 12.4 Å². The molecule has 6 nitrogen and oxygen atoms in total. The summed E-state index contributed by atoms with van der Waals surface area (Å²) in [4.78, 5) is 18.0. The molecule has 1 saturated heterocycles. The Labute approximate surface area is 186 Å². The van der Waals surface area contributed by atoms with Crippen LogP contribution in [0.3, 0.4) is 0 Å². The van der Waals surface area contributed by atoms with Crippen LogP contribution < -0.4 is 15.4 Å². The molecule has 2 N–H and O–H groups in total. The molecule has 0 radical (unpaired) electrons. The number of hydrogen-bond donors (Lipinski definition) is 2. The predicted molar refractivity (Wildman–Crippen MR) is 126 cm³/mol. The molecule has 1 heterocycles. The summed E-state index contributed by atoms with van der Waals surface area (Å²) in [6, 6.07) is 8.41. The van der Waals surface area contributed by atoms with Gasteiger partial charge in [-0.05, 0) is 30.4 Å². The molecular weight excluding hydrogens is 467 g/mol. The van der Waals surface area contributed by atoms with Crippen LogP contribution in [0.4, 0.5) is 0 Å². The fraction of sp³-hybridized carbons (Fsp3) is 0.619. The molecule has 1 aromatic carbocycles. The minimum atomic E-state index is 0. The van der Waals surface area contributed by atoms with Crippen LogP contribution in [0.5, 0.6) is 5.75 Å². The van der Waals surface area contributed by atoms with Crippen molar-refractivity contribution in [3.05, 3.63) is 29.8 Å². The van der Waals surface area contributed by atoms with Gasteiger partial charge < -0.3 is 20.3 Å². The monoisotopic (exact) mass is 502 g/mol. The van der Waals surface area contributed by atoms with Crippen molar-refractivity contribution in [2.75, 3.05) is 33.3 Å². The van der Waals surface area contributed by atoms with Crippen molar-refractivity contribution >= 4 is 35.8 Å². The van der Waals surface area contributed by atoms with Gasteiger partial charge in [-0.15, -0.1) is 24.0 Å². The van der Waals surface area contributed by atoms with Gasteiger partial charge in [-0.1, -0.05) is 39.0 Å². The molecule has 158 valence electrons. The summed E-state index contributed by atoms with van der Waals surface area (Å²) in [5.74, 6) is 1.91. The second-order valence-electron chi connectivity index (χ2n) is 8.01. The molecule has 1 atom stereocenters. The standard InChI is InChI=1S/C21H34N4O2.HI/c1-6-22-20(24-16-11-12-19(26)25(5)15-16)23-13-14-27-18-10-8-7-9-17(18)21(2,3)4;/h7-10,16H,6,11-15H2,1-5H3,(H2,22,23,24);1H. The van der Waals surface area contributed by atoms with E-state index >= 15 is 0 Å². The number of para-hydroxylation sites is 1. The molecular formula is C21H35IN4O2. The molecule has 0 spiro atoms. The first-order valence-corrected chi connectivity index (χ1v) is 9.82. The highest BCUT2D eigenvalue weighted by atomic mass is 127. The van der Waals surface area contributed by atoms with Gasteiger partial charge in [0.25, 0.3) is 0 Å². The minimum absolute atomic E-state index is 0. The quantitative estimate of drug-likeness (QED) is 0.272. The van der Waals surface area contributed by atoms with Crippen molar-refractivity contribution in [2.24, 2.45) is 4.99 Å². The first-order chi connectivity index (χ1) is 12.8. The third-order valence-corrected chi connectivity index (χ3v) is 4.63. The van der Waals surface area contributed by atoms with Crippen LogP contribution in [-0.2, 0) is 10.2 Å². The summed E-state index contributed by atoms with van der Waals surface area (Å²) in [5.41, 5.74) is 1.25. The van der Waals surface area contributed by atoms with Crippen LogP contribution in [0, 0.1) is 0 Å². The molecule has 7 heteroatoms. The Bertz CT molecular complexity index is 658. The number of amides is 1. The van der Waals surface area contributed by atoms with Crippen molar-refractivity contribution in [3.63, 3.8) is 0 Å². The van der Waals surface area contributed by atoms with E-state index in [0.29, 0.717) is 26.1 Å². The number of carbonyl (C=O) groups is 1. The van der Waals surface area contributed by atoms with E-state index in [1.807, 2.05) is 32.2 Å². The summed E-state index contributed by atoms with van der Waals surface area (Å²) in [6.07, 6.45) is 1.42. The van der Waals surface area contributed by atoms with Crippen molar-refractivity contribution in [2.45, 2.75) is 52.0 Å². The second kappa shape index (κ2) is 11.5. The van der Waals surface area contributed by atoms with Crippen molar-refractivity contribution in [1.82, 2.24) is 15.5 Å². The lowest BCUT2D eigenvalue weighted by atomic mass is 9.86. The molecule has 0 bridgehead atoms. The van der Waals surface area contributed by atoms with E-state index in [1.165, 1.54) is 5.56 Å². The molecule has 1 aliphatic heterocycles. The van der Waals surface area contributed by atoms with E-state index in [1.54, 1.807) is 4.90 Å². The number of likely N-dealkylation sites (tertiary alicyclic amines) is 1. The van der Waals surface area contributed by atoms with E-state index in [-0.39, 0.29) is 41.3 Å². The molecule has 0 aliphatic carbocycles. The Kier molecular flexibility index (Phi) is 10.1. The number of likely N-dealkylation sites (N-methyl/N-ethyl adjacent to an activating group) is 1. The number of halogens is 1. The van der Waals surface area contributed by atoms with E-state index < -0.39 is 0 Å². The maximum atomic E-state index is 11.6. The normalized spacial score (nSPS) is 17.8. The number of guanidine groups is 1. The molecule has 1 unspecified atom stereocenters. The van der Waals surface area contributed by atoms with Gasteiger partial charge in [0.2, 0.25) is 5.91 Å². The first-order valence-electron chi connectivity index (χ1n) is 9.82. The number of carbonyl (C=O) groups excluding carboxylic acids is 1. The van der Waals surface area contributed by atoms with Crippen molar-refractivity contribution in [1.29, 1.82) is 0 Å². The molecule has 0 aromatic heterocycles. The summed E-state index contributed by atoms with van der Waals surface area (Å²) in [5, 5.41) is 6.70. The van der Waals surface area contributed by atoms with Gasteiger partial charge in [0, 0.05) is 32.6 Å². The lowest BCUT2D eigenvalue weighted by Gasteiger charge is -2.31. The van der Waals surface area contributed by atoms with Gasteiger partial charge in [-0.3, -0.25) is 4.79 Å². The number of hydrogen-bond acceptors (Lipinski definition) is 3. The number of nitrogens with zero attached hydrogens (tertiary/aromatic N) is 2. The Morgan fingerprint density at radius 3 is 2.68 bits per heavy atom. The van der Waals surface area contributed by atoms with Crippen LogP contribution >= 0.6 is 24.0 Å². The van der Waals surface area contributed by atoms with E-state index in [4.69, 9.17) is 4.74 Å². The molecule has 1 aliphatic rings. The largest absolute Gasteiger partial charge is 0.491 e. The number of nitrogens with one attached hydrogen (secondary N) is 2. The molecule has 1 aromatic rings.